The second-order valence-electron chi connectivity index (χ2n) is 16.0. The van der Waals surface area contributed by atoms with Gasteiger partial charge < -0.3 is 9.47 Å². The van der Waals surface area contributed by atoms with Crippen LogP contribution in [0.2, 0.25) is 0 Å². The van der Waals surface area contributed by atoms with Gasteiger partial charge in [0.1, 0.15) is 0 Å². The van der Waals surface area contributed by atoms with E-state index >= 15 is 0 Å². The zero-order chi connectivity index (χ0) is 41.7. The number of para-hydroxylation sites is 1. The van der Waals surface area contributed by atoms with Crippen LogP contribution in [-0.4, -0.2) is 9.97 Å². The molecule has 4 nitrogen and oxygen atoms in total. The summed E-state index contributed by atoms with van der Waals surface area (Å²) < 4.78 is 14.2. The molecule has 0 saturated carbocycles. The largest absolute Gasteiger partial charge is 0.449 e. The quantitative estimate of drug-likeness (QED) is 0.161. The molecular weight excluding hydrogens is 769 g/mol. The van der Waals surface area contributed by atoms with Crippen LogP contribution in [0.1, 0.15) is 22.3 Å². The lowest BCUT2D eigenvalue weighted by Crippen LogP contribution is -2.28. The number of fused-ring (bicyclic) bond motifs is 6. The van der Waals surface area contributed by atoms with Crippen LogP contribution >= 0.6 is 0 Å². The van der Waals surface area contributed by atoms with Gasteiger partial charge in [-0.3, -0.25) is 0 Å². The van der Waals surface area contributed by atoms with Gasteiger partial charge in [-0.1, -0.05) is 212 Å². The van der Waals surface area contributed by atoms with Crippen molar-refractivity contribution in [1.82, 2.24) is 9.97 Å². The smallest absolute Gasteiger partial charge is 0.178 e. The minimum atomic E-state index is -0.570. The summed E-state index contributed by atoms with van der Waals surface area (Å²) in [6.45, 7) is 0. The molecule has 0 spiro atoms. The molecule has 0 N–H and O–H groups in total. The average Bonchev–Trinajstić information content (AvgIpc) is 3.68. The lowest BCUT2D eigenvalue weighted by Gasteiger charge is -2.34. The molecule has 1 aromatic heterocycles. The lowest BCUT2D eigenvalue weighted by atomic mass is 9.68. The van der Waals surface area contributed by atoms with Crippen molar-refractivity contribution >= 4 is 0 Å². The minimum absolute atomic E-state index is 0.570. The molecule has 1 aliphatic heterocycles. The first-order valence-electron chi connectivity index (χ1n) is 21.3. The van der Waals surface area contributed by atoms with Crippen molar-refractivity contribution in [3.05, 3.63) is 253 Å². The molecule has 0 atom stereocenters. The molecule has 12 rings (SSSR count). The summed E-state index contributed by atoms with van der Waals surface area (Å²) in [5.74, 6) is 3.36. The molecule has 63 heavy (non-hydrogen) atoms. The number of nitrogens with zero attached hydrogens (tertiary/aromatic N) is 2. The zero-order valence-corrected chi connectivity index (χ0v) is 34.2. The number of benzene rings is 9. The van der Waals surface area contributed by atoms with Crippen molar-refractivity contribution in [2.75, 3.05) is 0 Å². The summed E-state index contributed by atoms with van der Waals surface area (Å²) in [6, 6.07) is 80.5. The summed E-state index contributed by atoms with van der Waals surface area (Å²) >= 11 is 0. The Bertz CT molecular complexity index is 3290. The van der Waals surface area contributed by atoms with Crippen LogP contribution in [-0.2, 0) is 5.41 Å². The molecule has 0 saturated heterocycles. The average molecular weight is 807 g/mol. The Morgan fingerprint density at radius 3 is 1.46 bits per heavy atom. The van der Waals surface area contributed by atoms with Crippen molar-refractivity contribution in [1.29, 1.82) is 0 Å². The van der Waals surface area contributed by atoms with Crippen molar-refractivity contribution in [3.63, 3.8) is 0 Å². The monoisotopic (exact) mass is 806 g/mol. The Morgan fingerprint density at radius 1 is 0.317 bits per heavy atom. The predicted molar refractivity (Wildman–Crippen MR) is 253 cm³/mol. The van der Waals surface area contributed by atoms with E-state index in [0.717, 1.165) is 67.0 Å². The third-order valence-corrected chi connectivity index (χ3v) is 12.5. The molecule has 2 aliphatic rings. The summed E-state index contributed by atoms with van der Waals surface area (Å²) in [5, 5.41) is 0. The Hall–Kier alpha value is -8.34. The first-order chi connectivity index (χ1) is 31.3. The number of rotatable bonds is 7. The number of hydrogen-bond acceptors (Lipinski definition) is 4. The van der Waals surface area contributed by atoms with Gasteiger partial charge in [0, 0.05) is 27.8 Å². The Balaban J connectivity index is 1.04. The van der Waals surface area contributed by atoms with E-state index in [-0.39, 0.29) is 0 Å². The van der Waals surface area contributed by atoms with Crippen LogP contribution < -0.4 is 9.47 Å². The normalized spacial score (nSPS) is 12.8. The van der Waals surface area contributed by atoms with Crippen molar-refractivity contribution in [2.24, 2.45) is 0 Å². The molecule has 10 aromatic rings. The predicted octanol–water partition coefficient (Wildman–Crippen LogP) is 15.1. The van der Waals surface area contributed by atoms with Gasteiger partial charge in [0.05, 0.1) is 16.8 Å². The molecule has 1 aliphatic carbocycles. The molecule has 0 radical (unpaired) electrons. The zero-order valence-electron chi connectivity index (χ0n) is 34.2. The van der Waals surface area contributed by atoms with Gasteiger partial charge in [-0.2, -0.15) is 0 Å². The maximum Gasteiger partial charge on any atom is 0.178 e. The van der Waals surface area contributed by atoms with E-state index in [9.17, 15) is 0 Å². The van der Waals surface area contributed by atoms with Crippen molar-refractivity contribution in [3.8, 4) is 90.3 Å². The van der Waals surface area contributed by atoms with Gasteiger partial charge in [-0.05, 0) is 62.7 Å². The number of ether oxygens (including phenoxy) is 2. The van der Waals surface area contributed by atoms with E-state index in [1.807, 2.05) is 36.4 Å². The summed E-state index contributed by atoms with van der Waals surface area (Å²) in [5.41, 5.74) is 15.0. The third-order valence-electron chi connectivity index (χ3n) is 12.5. The molecule has 296 valence electrons. The van der Waals surface area contributed by atoms with E-state index in [0.29, 0.717) is 28.8 Å². The molecule has 0 bridgehead atoms. The molecule has 0 fully saturated rings. The van der Waals surface area contributed by atoms with Crippen LogP contribution in [0.25, 0.3) is 67.3 Å². The van der Waals surface area contributed by atoms with Gasteiger partial charge in [0.15, 0.2) is 28.8 Å². The van der Waals surface area contributed by atoms with Crippen molar-refractivity contribution < 1.29 is 9.47 Å². The molecule has 2 heterocycles. The maximum absolute atomic E-state index is 7.31. The maximum atomic E-state index is 7.31. The van der Waals surface area contributed by atoms with E-state index < -0.39 is 5.41 Å². The first kappa shape index (κ1) is 36.5. The summed E-state index contributed by atoms with van der Waals surface area (Å²) in [7, 11) is 0. The fourth-order valence-electron chi connectivity index (χ4n) is 9.75. The molecule has 4 heteroatoms. The SMILES string of the molecule is c1ccc(-c2nc(-c3ccccc3-c3ccccc3)cc(-c3ccccc3-c3cccc4c3Oc3c(ccc5c3-c3ccccc3C5(c3ccccc3)c3ccccc3)O4)n2)cc1. The second-order valence-corrected chi connectivity index (χ2v) is 16.0. The Labute approximate surface area is 366 Å². The van der Waals surface area contributed by atoms with Gasteiger partial charge >= 0.3 is 0 Å². The summed E-state index contributed by atoms with van der Waals surface area (Å²) in [6.07, 6.45) is 0. The highest BCUT2D eigenvalue weighted by atomic mass is 16.6. The summed E-state index contributed by atoms with van der Waals surface area (Å²) in [4.78, 5) is 10.5. The highest BCUT2D eigenvalue weighted by Crippen LogP contribution is 2.63. The van der Waals surface area contributed by atoms with E-state index in [1.165, 1.54) is 16.7 Å². The number of hydrogen-bond donors (Lipinski definition) is 0. The number of aromatic nitrogens is 2. The van der Waals surface area contributed by atoms with Gasteiger partial charge in [0.2, 0.25) is 0 Å². The Kier molecular flexibility index (Phi) is 8.68. The fraction of sp³-hybridized carbons (Fsp3) is 0.0169. The van der Waals surface area contributed by atoms with Crippen LogP contribution in [0.15, 0.2) is 231 Å². The van der Waals surface area contributed by atoms with E-state index in [4.69, 9.17) is 19.4 Å². The molecular formula is C59H38N2O2. The molecule has 0 unspecified atom stereocenters. The highest BCUT2D eigenvalue weighted by molar-refractivity contribution is 5.94. The lowest BCUT2D eigenvalue weighted by molar-refractivity contribution is 0.361. The van der Waals surface area contributed by atoms with Gasteiger partial charge in [-0.25, -0.2) is 9.97 Å². The fourth-order valence-corrected chi connectivity index (χ4v) is 9.75. The van der Waals surface area contributed by atoms with Crippen molar-refractivity contribution in [2.45, 2.75) is 5.41 Å². The molecule has 0 amide bonds. The van der Waals surface area contributed by atoms with Crippen LogP contribution in [0.4, 0.5) is 0 Å². The standard InChI is InChI=1S/C59H38N2O2/c1-5-20-39(21-6-1)43-28-13-15-30-45(43)51-38-52(61-58(60-51)40-22-7-2-8-23-40)46-31-16-14-29-44(46)47-33-19-35-53-56(47)63-57-54(62-53)37-36-50-55(57)48-32-17-18-34-49(48)59(50,41-24-9-3-10-25-41)42-26-11-4-12-27-42/h1-38H. The van der Waals surface area contributed by atoms with Crippen LogP contribution in [0.5, 0.6) is 23.0 Å². The van der Waals surface area contributed by atoms with E-state index in [2.05, 4.69) is 194 Å². The Morgan fingerprint density at radius 2 is 0.810 bits per heavy atom. The van der Waals surface area contributed by atoms with Crippen LogP contribution in [0.3, 0.4) is 0 Å². The third kappa shape index (κ3) is 5.91. The molecule has 9 aromatic carbocycles. The van der Waals surface area contributed by atoms with E-state index in [1.54, 1.807) is 0 Å². The van der Waals surface area contributed by atoms with Gasteiger partial charge in [0.25, 0.3) is 0 Å². The first-order valence-corrected chi connectivity index (χ1v) is 21.3. The second kappa shape index (κ2) is 15.0. The minimum Gasteiger partial charge on any atom is -0.449 e. The topological polar surface area (TPSA) is 44.2 Å². The highest BCUT2D eigenvalue weighted by Gasteiger charge is 2.48. The van der Waals surface area contributed by atoms with Crippen LogP contribution in [0, 0.1) is 0 Å². The van der Waals surface area contributed by atoms with Gasteiger partial charge in [-0.15, -0.1) is 0 Å².